The number of carbonyl (C=O) groups excluding carboxylic acids is 1. The van der Waals surface area contributed by atoms with Crippen LogP contribution < -0.4 is 4.90 Å². The second-order valence-corrected chi connectivity index (χ2v) is 7.53. The maximum Gasteiger partial charge on any atom is 0.416 e. The lowest BCUT2D eigenvalue weighted by atomic mass is 9.98. The van der Waals surface area contributed by atoms with Crippen LogP contribution in [-0.2, 0) is 9.53 Å². The van der Waals surface area contributed by atoms with E-state index in [9.17, 15) is 14.7 Å². The van der Waals surface area contributed by atoms with Crippen LogP contribution >= 0.6 is 15.9 Å². The lowest BCUT2D eigenvalue weighted by Crippen LogP contribution is -2.37. The number of carbonyl (C=O) groups is 2. The van der Waals surface area contributed by atoms with Crippen molar-refractivity contribution in [2.75, 3.05) is 18.1 Å². The Morgan fingerprint density at radius 2 is 1.62 bits per heavy atom. The van der Waals surface area contributed by atoms with Gasteiger partial charge in [0.15, 0.2) is 0 Å². The van der Waals surface area contributed by atoms with Crippen molar-refractivity contribution in [2.24, 2.45) is 0 Å². The fraction of sp³-hybridized carbons (Fsp3) is 0.136. The van der Waals surface area contributed by atoms with E-state index in [1.54, 1.807) is 12.1 Å². The molecule has 1 aliphatic carbocycles. The van der Waals surface area contributed by atoms with Crippen molar-refractivity contribution in [3.63, 3.8) is 0 Å². The smallest absolute Gasteiger partial charge is 0.416 e. The molecule has 0 bridgehead atoms. The van der Waals surface area contributed by atoms with E-state index in [-0.39, 0.29) is 18.3 Å². The highest BCUT2D eigenvalue weighted by Crippen LogP contribution is 2.44. The van der Waals surface area contributed by atoms with E-state index in [4.69, 9.17) is 4.74 Å². The molecule has 0 saturated heterocycles. The number of aliphatic carboxylic acids is 1. The first kappa shape index (κ1) is 19.1. The number of carboxylic acids is 1. The van der Waals surface area contributed by atoms with Crippen molar-refractivity contribution in [3.05, 3.63) is 82.5 Å². The molecule has 1 heterocycles. The standard InChI is InChI=1S/C22H17BrN2O4/c23-14-9-10-20(24-11-14)25(12-21(26)27)22(28)29-13-19-17-7-3-1-5-15(17)16-6-2-4-8-18(16)19/h1-11,19H,12-13H2,(H,26,27). The summed E-state index contributed by atoms with van der Waals surface area (Å²) in [5, 5.41) is 9.20. The zero-order valence-electron chi connectivity index (χ0n) is 15.3. The number of fused-ring (bicyclic) bond motifs is 3. The van der Waals surface area contributed by atoms with Crippen molar-refractivity contribution < 1.29 is 19.4 Å². The van der Waals surface area contributed by atoms with Gasteiger partial charge in [-0.25, -0.2) is 9.78 Å². The van der Waals surface area contributed by atoms with Crippen LogP contribution in [0, 0.1) is 0 Å². The number of benzene rings is 2. The second-order valence-electron chi connectivity index (χ2n) is 6.62. The molecular weight excluding hydrogens is 436 g/mol. The van der Waals surface area contributed by atoms with Gasteiger partial charge in [0, 0.05) is 16.6 Å². The van der Waals surface area contributed by atoms with Gasteiger partial charge in [-0.3, -0.25) is 9.69 Å². The molecule has 0 aliphatic heterocycles. The number of carboxylic acid groups (broad SMARTS) is 1. The van der Waals surface area contributed by atoms with Crippen molar-refractivity contribution in [1.82, 2.24) is 4.98 Å². The number of hydrogen-bond donors (Lipinski definition) is 1. The predicted molar refractivity (Wildman–Crippen MR) is 112 cm³/mol. The molecule has 1 aromatic heterocycles. The number of ether oxygens (including phenoxy) is 1. The summed E-state index contributed by atoms with van der Waals surface area (Å²) >= 11 is 3.28. The lowest BCUT2D eigenvalue weighted by Gasteiger charge is -2.21. The summed E-state index contributed by atoms with van der Waals surface area (Å²) in [4.78, 5) is 29.1. The predicted octanol–water partition coefficient (Wildman–Crippen LogP) is 4.68. The molecule has 1 amide bonds. The summed E-state index contributed by atoms with van der Waals surface area (Å²) in [7, 11) is 0. The Morgan fingerprint density at radius 3 is 2.17 bits per heavy atom. The van der Waals surface area contributed by atoms with Gasteiger partial charge in [-0.15, -0.1) is 0 Å². The Kier molecular flexibility index (Phi) is 5.31. The normalized spacial score (nSPS) is 12.2. The molecule has 7 heteroatoms. The topological polar surface area (TPSA) is 79.7 Å². The maximum atomic E-state index is 12.7. The van der Waals surface area contributed by atoms with Gasteiger partial charge in [-0.1, -0.05) is 48.5 Å². The Labute approximate surface area is 175 Å². The molecule has 29 heavy (non-hydrogen) atoms. The molecule has 0 unspecified atom stereocenters. The summed E-state index contributed by atoms with van der Waals surface area (Å²) in [6, 6.07) is 19.3. The third kappa shape index (κ3) is 3.86. The lowest BCUT2D eigenvalue weighted by molar-refractivity contribution is -0.135. The van der Waals surface area contributed by atoms with Gasteiger partial charge in [0.1, 0.15) is 19.0 Å². The Balaban J connectivity index is 1.56. The van der Waals surface area contributed by atoms with Gasteiger partial charge in [0.25, 0.3) is 0 Å². The van der Waals surface area contributed by atoms with Gasteiger partial charge >= 0.3 is 12.1 Å². The fourth-order valence-electron chi connectivity index (χ4n) is 3.57. The van der Waals surface area contributed by atoms with Gasteiger partial charge in [-0.05, 0) is 50.3 Å². The van der Waals surface area contributed by atoms with Crippen LogP contribution in [0.2, 0.25) is 0 Å². The van der Waals surface area contributed by atoms with Crippen LogP contribution in [0.25, 0.3) is 11.1 Å². The van der Waals surface area contributed by atoms with Crippen molar-refractivity contribution in [3.8, 4) is 11.1 Å². The van der Waals surface area contributed by atoms with Gasteiger partial charge in [-0.2, -0.15) is 0 Å². The number of halogens is 1. The molecule has 4 rings (SSSR count). The van der Waals surface area contributed by atoms with Crippen LogP contribution in [0.3, 0.4) is 0 Å². The summed E-state index contributed by atoms with van der Waals surface area (Å²) in [5.41, 5.74) is 4.43. The van der Waals surface area contributed by atoms with Crippen LogP contribution in [-0.4, -0.2) is 35.3 Å². The molecule has 0 atom stereocenters. The number of amides is 1. The molecule has 1 N–H and O–H groups in total. The first-order valence-electron chi connectivity index (χ1n) is 9.00. The summed E-state index contributed by atoms with van der Waals surface area (Å²) in [6.07, 6.45) is 0.755. The minimum absolute atomic E-state index is 0.101. The SMILES string of the molecule is O=C(O)CN(C(=O)OCC1c2ccccc2-c2ccccc21)c1ccc(Br)cn1. The minimum atomic E-state index is -1.15. The highest BCUT2D eigenvalue weighted by atomic mass is 79.9. The van der Waals surface area contributed by atoms with Crippen LogP contribution in [0.15, 0.2) is 71.3 Å². The van der Waals surface area contributed by atoms with Crippen LogP contribution in [0.1, 0.15) is 17.0 Å². The van der Waals surface area contributed by atoms with Crippen LogP contribution in [0.5, 0.6) is 0 Å². The van der Waals surface area contributed by atoms with Crippen molar-refractivity contribution in [1.29, 1.82) is 0 Å². The zero-order chi connectivity index (χ0) is 20.4. The molecule has 6 nitrogen and oxygen atoms in total. The van der Waals surface area contributed by atoms with E-state index in [2.05, 4.69) is 33.0 Å². The maximum absolute atomic E-state index is 12.7. The summed E-state index contributed by atoms with van der Waals surface area (Å²) < 4.78 is 6.29. The van der Waals surface area contributed by atoms with Crippen molar-refractivity contribution in [2.45, 2.75) is 5.92 Å². The summed E-state index contributed by atoms with van der Waals surface area (Å²) in [5.74, 6) is -1.04. The molecule has 0 radical (unpaired) electrons. The molecular formula is C22H17BrN2O4. The van der Waals surface area contributed by atoms with E-state index >= 15 is 0 Å². The molecule has 0 fully saturated rings. The van der Waals surface area contributed by atoms with E-state index in [1.807, 2.05) is 36.4 Å². The highest BCUT2D eigenvalue weighted by Gasteiger charge is 2.30. The van der Waals surface area contributed by atoms with E-state index < -0.39 is 18.6 Å². The van der Waals surface area contributed by atoms with E-state index in [1.165, 1.54) is 6.20 Å². The highest BCUT2D eigenvalue weighted by molar-refractivity contribution is 9.10. The number of rotatable bonds is 5. The number of aromatic nitrogens is 1. The average molecular weight is 453 g/mol. The van der Waals surface area contributed by atoms with E-state index in [0.29, 0.717) is 0 Å². The molecule has 0 spiro atoms. The third-order valence-electron chi connectivity index (χ3n) is 4.84. The number of nitrogens with zero attached hydrogens (tertiary/aromatic N) is 2. The molecule has 2 aromatic carbocycles. The Hall–Kier alpha value is -3.19. The first-order valence-corrected chi connectivity index (χ1v) is 9.80. The average Bonchev–Trinajstić information content (AvgIpc) is 3.05. The van der Waals surface area contributed by atoms with Gasteiger partial charge in [0.2, 0.25) is 0 Å². The minimum Gasteiger partial charge on any atom is -0.480 e. The Morgan fingerprint density at radius 1 is 1.00 bits per heavy atom. The number of hydrogen-bond acceptors (Lipinski definition) is 4. The third-order valence-corrected chi connectivity index (χ3v) is 5.31. The van der Waals surface area contributed by atoms with Gasteiger partial charge in [0.05, 0.1) is 0 Å². The monoisotopic (exact) mass is 452 g/mol. The summed E-state index contributed by atoms with van der Waals surface area (Å²) in [6.45, 7) is -0.426. The second kappa shape index (κ2) is 8.05. The Bertz CT molecular complexity index is 1020. The van der Waals surface area contributed by atoms with Crippen LogP contribution in [0.4, 0.5) is 10.6 Å². The molecule has 3 aromatic rings. The molecule has 1 aliphatic rings. The largest absolute Gasteiger partial charge is 0.480 e. The quantitative estimate of drug-likeness (QED) is 0.607. The first-order chi connectivity index (χ1) is 14.0. The number of anilines is 1. The number of pyridine rings is 1. The van der Waals surface area contributed by atoms with Gasteiger partial charge < -0.3 is 9.84 Å². The zero-order valence-corrected chi connectivity index (χ0v) is 16.9. The fourth-order valence-corrected chi connectivity index (χ4v) is 3.81. The molecule has 146 valence electrons. The van der Waals surface area contributed by atoms with Crippen molar-refractivity contribution >= 4 is 33.8 Å². The molecule has 0 saturated carbocycles. The van der Waals surface area contributed by atoms with E-state index in [0.717, 1.165) is 31.6 Å².